The van der Waals surface area contributed by atoms with Gasteiger partial charge in [0.25, 0.3) is 0 Å². The Labute approximate surface area is 164 Å². The molecule has 2 bridgehead atoms. The molecule has 0 saturated heterocycles. The summed E-state index contributed by atoms with van der Waals surface area (Å²) in [5, 5.41) is 11.8. The first kappa shape index (κ1) is 17.1. The van der Waals surface area contributed by atoms with Crippen molar-refractivity contribution in [2.75, 3.05) is 0 Å². The second-order valence-corrected chi connectivity index (χ2v) is 8.68. The van der Waals surface area contributed by atoms with Crippen LogP contribution in [0.5, 0.6) is 0 Å². The highest BCUT2D eigenvalue weighted by Gasteiger charge is 2.57. The zero-order chi connectivity index (χ0) is 18.7. The van der Waals surface area contributed by atoms with Crippen molar-refractivity contribution in [1.82, 2.24) is 0 Å². The van der Waals surface area contributed by atoms with Gasteiger partial charge in [-0.2, -0.15) is 0 Å². The third-order valence-corrected chi connectivity index (χ3v) is 7.23. The van der Waals surface area contributed by atoms with Crippen LogP contribution >= 0.6 is 11.6 Å². The van der Waals surface area contributed by atoms with E-state index in [1.807, 2.05) is 24.3 Å². The van der Waals surface area contributed by atoms with E-state index < -0.39 is 0 Å². The Morgan fingerprint density at radius 2 is 1.67 bits per heavy atom. The quantitative estimate of drug-likeness (QED) is 0.702. The minimum atomic E-state index is 0.0163. The van der Waals surface area contributed by atoms with Crippen molar-refractivity contribution in [1.29, 1.82) is 0 Å². The zero-order valence-corrected chi connectivity index (χ0v) is 16.2. The van der Waals surface area contributed by atoms with Gasteiger partial charge in [0.15, 0.2) is 5.78 Å². The number of carbonyl (C=O) groups is 1. The van der Waals surface area contributed by atoms with Crippen molar-refractivity contribution in [2.45, 2.75) is 32.6 Å². The number of hydrogen-bond acceptors (Lipinski definition) is 2. The van der Waals surface area contributed by atoms with Crippen molar-refractivity contribution in [3.8, 4) is 11.1 Å². The van der Waals surface area contributed by atoms with E-state index in [0.717, 1.165) is 47.9 Å². The highest BCUT2D eigenvalue weighted by atomic mass is 35.5. The van der Waals surface area contributed by atoms with Crippen molar-refractivity contribution in [3.63, 3.8) is 0 Å². The van der Waals surface area contributed by atoms with Crippen LogP contribution < -0.4 is 0 Å². The second-order valence-electron chi connectivity index (χ2n) is 8.24. The molecule has 0 aromatic heterocycles. The van der Waals surface area contributed by atoms with E-state index in [4.69, 9.17) is 11.6 Å². The van der Waals surface area contributed by atoms with E-state index in [0.29, 0.717) is 28.2 Å². The maximum atomic E-state index is 13.3. The average molecular weight is 379 g/mol. The summed E-state index contributed by atoms with van der Waals surface area (Å²) in [6.07, 6.45) is 4.25. The molecule has 138 valence electrons. The summed E-state index contributed by atoms with van der Waals surface area (Å²) in [5.74, 6) is 1.58. The van der Waals surface area contributed by atoms with Crippen LogP contribution in [0.15, 0.2) is 48.2 Å². The average Bonchev–Trinajstić information content (AvgIpc) is 3.36. The number of Topliss-reactive ketones (excluding diaryl/α,β-unsaturated/α-hetero) is 1. The molecule has 0 amide bonds. The fourth-order valence-electron chi connectivity index (χ4n) is 5.73. The molecule has 2 aromatic rings. The van der Waals surface area contributed by atoms with Gasteiger partial charge >= 0.3 is 0 Å². The van der Waals surface area contributed by atoms with E-state index >= 15 is 0 Å². The van der Waals surface area contributed by atoms with Gasteiger partial charge in [0, 0.05) is 16.9 Å². The molecule has 2 aromatic carbocycles. The number of halogens is 1. The molecule has 3 aliphatic rings. The first-order chi connectivity index (χ1) is 13.1. The van der Waals surface area contributed by atoms with Gasteiger partial charge in [-0.05, 0) is 78.0 Å². The fourth-order valence-corrected chi connectivity index (χ4v) is 5.86. The normalized spacial score (nSPS) is 28.9. The van der Waals surface area contributed by atoms with E-state index in [1.54, 1.807) is 0 Å². The van der Waals surface area contributed by atoms with Crippen LogP contribution in [-0.2, 0) is 11.2 Å². The van der Waals surface area contributed by atoms with E-state index in [1.165, 1.54) is 0 Å². The highest BCUT2D eigenvalue weighted by molar-refractivity contribution is 6.30. The van der Waals surface area contributed by atoms with Crippen molar-refractivity contribution in [3.05, 3.63) is 64.4 Å². The summed E-state index contributed by atoms with van der Waals surface area (Å²) in [7, 11) is 0. The molecule has 0 aliphatic heterocycles. The number of aliphatic hydroxyl groups is 1. The number of aliphatic hydroxyl groups excluding tert-OH is 1. The monoisotopic (exact) mass is 378 g/mol. The van der Waals surface area contributed by atoms with Crippen molar-refractivity contribution < 1.29 is 9.90 Å². The number of benzene rings is 2. The zero-order valence-electron chi connectivity index (χ0n) is 15.4. The molecular formula is C24H23ClO2. The molecule has 5 rings (SSSR count). The second kappa shape index (κ2) is 6.24. The van der Waals surface area contributed by atoms with Crippen LogP contribution in [0.2, 0.25) is 5.02 Å². The van der Waals surface area contributed by atoms with E-state index in [2.05, 4.69) is 25.1 Å². The molecule has 3 heteroatoms. The predicted molar refractivity (Wildman–Crippen MR) is 109 cm³/mol. The van der Waals surface area contributed by atoms with Crippen LogP contribution in [0.25, 0.3) is 16.7 Å². The molecule has 0 heterocycles. The standard InChI is InChI=1S/C24H23ClO2/c1-2-13-3-4-15(14-7-9-18(25)10-8-14)12-19(13)22-23(26)20-16-5-6-17(11-16)21(20)24(22)27/h3-4,7-10,12,16-17,20-21,26H,2,5-6,11H2,1H3/t16-,17+,20-,21+/m1/s1. The van der Waals surface area contributed by atoms with Crippen LogP contribution in [-0.4, -0.2) is 10.9 Å². The molecular weight excluding hydrogens is 356 g/mol. The Morgan fingerprint density at radius 3 is 2.33 bits per heavy atom. The molecule has 4 atom stereocenters. The molecule has 1 N–H and O–H groups in total. The Balaban J connectivity index is 1.63. The van der Waals surface area contributed by atoms with Crippen LogP contribution in [0.3, 0.4) is 0 Å². The van der Waals surface area contributed by atoms with Crippen LogP contribution in [0.1, 0.15) is 37.3 Å². The molecule has 0 radical (unpaired) electrons. The summed E-state index contributed by atoms with van der Waals surface area (Å²) in [6, 6.07) is 14.0. The molecule has 0 unspecified atom stereocenters. The van der Waals surface area contributed by atoms with Gasteiger partial charge in [0.2, 0.25) is 0 Å². The lowest BCUT2D eigenvalue weighted by molar-refractivity contribution is -0.118. The van der Waals surface area contributed by atoms with E-state index in [9.17, 15) is 9.90 Å². The number of rotatable bonds is 3. The molecule has 27 heavy (non-hydrogen) atoms. The molecule has 2 fully saturated rings. The summed E-state index contributed by atoms with van der Waals surface area (Å²) < 4.78 is 0. The van der Waals surface area contributed by atoms with Gasteiger partial charge in [-0.1, -0.05) is 42.8 Å². The predicted octanol–water partition coefficient (Wildman–Crippen LogP) is 6.08. The van der Waals surface area contributed by atoms with Gasteiger partial charge in [0.05, 0.1) is 5.57 Å². The van der Waals surface area contributed by atoms with Gasteiger partial charge in [0.1, 0.15) is 5.76 Å². The Bertz CT molecular complexity index is 957. The summed E-state index contributed by atoms with van der Waals surface area (Å²) in [5.41, 5.74) is 4.74. The van der Waals surface area contributed by atoms with Crippen molar-refractivity contribution >= 4 is 23.0 Å². The van der Waals surface area contributed by atoms with Gasteiger partial charge in [-0.3, -0.25) is 4.79 Å². The Morgan fingerprint density at radius 1 is 1.00 bits per heavy atom. The van der Waals surface area contributed by atoms with Gasteiger partial charge in [-0.15, -0.1) is 0 Å². The lowest BCUT2D eigenvalue weighted by Crippen LogP contribution is -2.24. The molecule has 2 nitrogen and oxygen atoms in total. The molecule has 0 spiro atoms. The topological polar surface area (TPSA) is 37.3 Å². The maximum absolute atomic E-state index is 13.3. The van der Waals surface area contributed by atoms with Gasteiger partial charge in [-0.25, -0.2) is 0 Å². The first-order valence-electron chi connectivity index (χ1n) is 9.95. The number of fused-ring (bicyclic) bond motifs is 5. The minimum absolute atomic E-state index is 0.0163. The van der Waals surface area contributed by atoms with Crippen LogP contribution in [0.4, 0.5) is 0 Å². The van der Waals surface area contributed by atoms with Gasteiger partial charge < -0.3 is 5.11 Å². The maximum Gasteiger partial charge on any atom is 0.170 e. The smallest absolute Gasteiger partial charge is 0.170 e. The van der Waals surface area contributed by atoms with E-state index in [-0.39, 0.29) is 17.6 Å². The lowest BCUT2D eigenvalue weighted by atomic mass is 9.80. The summed E-state index contributed by atoms with van der Waals surface area (Å²) in [6.45, 7) is 2.10. The Hall–Kier alpha value is -2.06. The lowest BCUT2D eigenvalue weighted by Gasteiger charge is -2.23. The van der Waals surface area contributed by atoms with Crippen LogP contribution in [0, 0.1) is 23.7 Å². The summed E-state index contributed by atoms with van der Waals surface area (Å²) >= 11 is 6.02. The minimum Gasteiger partial charge on any atom is -0.511 e. The SMILES string of the molecule is CCc1ccc(-c2ccc(Cl)cc2)cc1C1=C(O)[C@@H]2[C@@H]3CC[C@@H](C3)[C@@H]2C1=O. The summed E-state index contributed by atoms with van der Waals surface area (Å²) in [4.78, 5) is 13.3. The number of aryl methyl sites for hydroxylation is 1. The third-order valence-electron chi connectivity index (χ3n) is 6.98. The number of carbonyl (C=O) groups excluding carboxylic acids is 1. The largest absolute Gasteiger partial charge is 0.511 e. The first-order valence-corrected chi connectivity index (χ1v) is 10.3. The number of ketones is 1. The number of allylic oxidation sites excluding steroid dienone is 2. The Kier molecular flexibility index (Phi) is 3.94. The molecule has 2 saturated carbocycles. The molecule has 3 aliphatic carbocycles. The number of hydrogen-bond donors (Lipinski definition) is 1. The highest BCUT2D eigenvalue weighted by Crippen LogP contribution is 2.60. The third kappa shape index (κ3) is 2.50. The fraction of sp³-hybridized carbons (Fsp3) is 0.375. The van der Waals surface area contributed by atoms with Crippen molar-refractivity contribution in [2.24, 2.45) is 23.7 Å².